The van der Waals surface area contributed by atoms with Crippen molar-refractivity contribution in [1.82, 2.24) is 0 Å². The summed E-state index contributed by atoms with van der Waals surface area (Å²) in [5.41, 5.74) is 2.34. The lowest BCUT2D eigenvalue weighted by Gasteiger charge is -2.20. The molecule has 0 saturated heterocycles. The normalized spacial score (nSPS) is 12.5. The van der Waals surface area contributed by atoms with Crippen molar-refractivity contribution < 1.29 is 23.9 Å². The second-order valence-corrected chi connectivity index (χ2v) is 8.46. The van der Waals surface area contributed by atoms with E-state index in [-0.39, 0.29) is 25.7 Å². The lowest BCUT2D eigenvalue weighted by molar-refractivity contribution is -0.385. The van der Waals surface area contributed by atoms with E-state index in [4.69, 9.17) is 25.8 Å². The fourth-order valence-electron chi connectivity index (χ4n) is 3.15. The third-order valence-corrected chi connectivity index (χ3v) is 6.09. The monoisotopic (exact) mass is 471 g/mol. The second-order valence-electron chi connectivity index (χ2n) is 6.98. The number of nitro groups is 1. The first-order valence-electron chi connectivity index (χ1n) is 9.65. The fourth-order valence-corrected chi connectivity index (χ4v) is 4.13. The predicted octanol–water partition coefficient (Wildman–Crippen LogP) is 5.76. The Kier molecular flexibility index (Phi) is 6.94. The third-order valence-electron chi connectivity index (χ3n) is 4.75. The summed E-state index contributed by atoms with van der Waals surface area (Å²) in [6, 6.07) is 17.5. The molecule has 0 aliphatic carbocycles. The van der Waals surface area contributed by atoms with Crippen LogP contribution in [0.1, 0.15) is 27.0 Å². The van der Waals surface area contributed by atoms with Crippen molar-refractivity contribution in [2.24, 2.45) is 0 Å². The Morgan fingerprint density at radius 1 is 1.12 bits per heavy atom. The quantitative estimate of drug-likeness (QED) is 0.187. The first-order valence-corrected chi connectivity index (χ1v) is 11.0. The van der Waals surface area contributed by atoms with E-state index in [1.54, 1.807) is 23.9 Å². The molecule has 7 nitrogen and oxygen atoms in total. The smallest absolute Gasteiger partial charge is 0.338 e. The zero-order chi connectivity index (χ0) is 22.5. The maximum Gasteiger partial charge on any atom is 0.338 e. The molecule has 1 heterocycles. The van der Waals surface area contributed by atoms with Crippen molar-refractivity contribution in [3.63, 3.8) is 0 Å². The molecule has 1 aliphatic rings. The standard InChI is InChI=1S/C23H18ClNO6S/c24-19-5-7-21(8-6-19)32-13-15-1-3-16(4-2-15)23(26)30-12-18-10-20(25(27)28)9-17-11-29-14-31-22(17)18/h1-10H,11-14H2. The summed E-state index contributed by atoms with van der Waals surface area (Å²) in [6.07, 6.45) is 0. The van der Waals surface area contributed by atoms with Crippen LogP contribution in [-0.2, 0) is 28.4 Å². The first kappa shape index (κ1) is 22.1. The van der Waals surface area contributed by atoms with Gasteiger partial charge in [0.25, 0.3) is 5.69 Å². The topological polar surface area (TPSA) is 87.9 Å². The molecule has 0 spiro atoms. The van der Waals surface area contributed by atoms with Gasteiger partial charge in [0.2, 0.25) is 0 Å². The number of nitro benzene ring substituents is 1. The molecule has 0 unspecified atom stereocenters. The number of benzene rings is 3. The molecule has 1 aliphatic heterocycles. The molecular formula is C23H18ClNO6S. The summed E-state index contributed by atoms with van der Waals surface area (Å²) in [5.74, 6) is 0.689. The van der Waals surface area contributed by atoms with Crippen molar-refractivity contribution in [2.75, 3.05) is 6.79 Å². The van der Waals surface area contributed by atoms with Crippen molar-refractivity contribution >= 4 is 35.0 Å². The molecule has 32 heavy (non-hydrogen) atoms. The molecule has 4 rings (SSSR count). The van der Waals surface area contributed by atoms with Crippen LogP contribution in [0, 0.1) is 10.1 Å². The molecule has 0 radical (unpaired) electrons. The van der Waals surface area contributed by atoms with Crippen LogP contribution >= 0.6 is 23.4 Å². The number of rotatable bonds is 7. The number of carbonyl (C=O) groups is 1. The number of halogens is 1. The number of carbonyl (C=O) groups excluding carboxylic acids is 1. The van der Waals surface area contributed by atoms with Gasteiger partial charge >= 0.3 is 5.97 Å². The lowest BCUT2D eigenvalue weighted by Crippen LogP contribution is -2.15. The van der Waals surface area contributed by atoms with Crippen molar-refractivity contribution in [3.05, 3.63) is 98.1 Å². The Hall–Kier alpha value is -3.07. The van der Waals surface area contributed by atoms with Crippen LogP contribution in [0.3, 0.4) is 0 Å². The molecule has 164 valence electrons. The molecule has 9 heteroatoms. The molecule has 0 amide bonds. The minimum Gasteiger partial charge on any atom is -0.467 e. The summed E-state index contributed by atoms with van der Waals surface area (Å²) in [6.45, 7) is 0.103. The van der Waals surface area contributed by atoms with Crippen LogP contribution in [0.4, 0.5) is 5.69 Å². The highest BCUT2D eigenvalue weighted by molar-refractivity contribution is 7.98. The number of nitrogens with zero attached hydrogens (tertiary/aromatic N) is 1. The molecule has 0 fully saturated rings. The van der Waals surface area contributed by atoms with Gasteiger partial charge in [-0.1, -0.05) is 23.7 Å². The van der Waals surface area contributed by atoms with Gasteiger partial charge in [-0.3, -0.25) is 10.1 Å². The van der Waals surface area contributed by atoms with Crippen molar-refractivity contribution in [2.45, 2.75) is 23.9 Å². The first-order chi connectivity index (χ1) is 15.5. The van der Waals surface area contributed by atoms with E-state index in [9.17, 15) is 14.9 Å². The third kappa shape index (κ3) is 5.40. The Balaban J connectivity index is 1.38. The Labute approximate surface area is 193 Å². The van der Waals surface area contributed by atoms with E-state index in [0.717, 1.165) is 16.2 Å². The van der Waals surface area contributed by atoms with E-state index in [2.05, 4.69) is 0 Å². The molecular weight excluding hydrogens is 454 g/mol. The Morgan fingerprint density at radius 2 is 1.88 bits per heavy atom. The van der Waals surface area contributed by atoms with Gasteiger partial charge in [0.05, 0.1) is 17.1 Å². The number of ether oxygens (including phenoxy) is 3. The summed E-state index contributed by atoms with van der Waals surface area (Å²) < 4.78 is 16.0. The minimum absolute atomic E-state index is 0.0429. The molecule has 0 N–H and O–H groups in total. The van der Waals surface area contributed by atoms with Crippen molar-refractivity contribution in [3.8, 4) is 5.75 Å². The van der Waals surface area contributed by atoms with Gasteiger partial charge in [0, 0.05) is 38.9 Å². The molecule has 3 aromatic carbocycles. The molecule has 0 atom stereocenters. The largest absolute Gasteiger partial charge is 0.467 e. The molecule has 0 saturated carbocycles. The highest BCUT2D eigenvalue weighted by Crippen LogP contribution is 2.33. The summed E-state index contributed by atoms with van der Waals surface area (Å²) in [4.78, 5) is 24.3. The van der Waals surface area contributed by atoms with E-state index in [1.807, 2.05) is 36.4 Å². The Bertz CT molecular complexity index is 1130. The van der Waals surface area contributed by atoms with E-state index in [0.29, 0.717) is 27.5 Å². The predicted molar refractivity (Wildman–Crippen MR) is 120 cm³/mol. The average Bonchev–Trinajstić information content (AvgIpc) is 2.82. The van der Waals surface area contributed by atoms with Gasteiger partial charge in [-0.15, -0.1) is 11.8 Å². The number of fused-ring (bicyclic) bond motifs is 1. The summed E-state index contributed by atoms with van der Waals surface area (Å²) >= 11 is 7.57. The fraction of sp³-hybridized carbons (Fsp3) is 0.174. The number of hydrogen-bond acceptors (Lipinski definition) is 7. The number of thioether (sulfide) groups is 1. The van der Waals surface area contributed by atoms with Gasteiger partial charge in [-0.2, -0.15) is 0 Å². The SMILES string of the molecule is O=C(OCc1cc([N+](=O)[O-])cc2c1OCOC2)c1ccc(CSc2ccc(Cl)cc2)cc1. The van der Waals surface area contributed by atoms with Gasteiger partial charge in [-0.25, -0.2) is 4.79 Å². The number of hydrogen-bond donors (Lipinski definition) is 0. The summed E-state index contributed by atoms with van der Waals surface area (Å²) in [7, 11) is 0. The van der Waals surface area contributed by atoms with E-state index < -0.39 is 10.9 Å². The maximum atomic E-state index is 12.5. The van der Waals surface area contributed by atoms with Gasteiger partial charge in [0.15, 0.2) is 6.79 Å². The molecule has 0 bridgehead atoms. The number of non-ortho nitro benzene ring substituents is 1. The highest BCUT2D eigenvalue weighted by atomic mass is 35.5. The lowest BCUT2D eigenvalue weighted by atomic mass is 10.1. The Morgan fingerprint density at radius 3 is 2.59 bits per heavy atom. The van der Waals surface area contributed by atoms with Gasteiger partial charge < -0.3 is 14.2 Å². The zero-order valence-electron chi connectivity index (χ0n) is 16.8. The van der Waals surface area contributed by atoms with Gasteiger partial charge in [0.1, 0.15) is 12.4 Å². The summed E-state index contributed by atoms with van der Waals surface area (Å²) in [5, 5.41) is 11.9. The number of esters is 1. The van der Waals surface area contributed by atoms with E-state index >= 15 is 0 Å². The van der Waals surface area contributed by atoms with Crippen LogP contribution in [0.15, 0.2) is 65.6 Å². The average molecular weight is 472 g/mol. The zero-order valence-corrected chi connectivity index (χ0v) is 18.4. The molecule has 0 aromatic heterocycles. The highest BCUT2D eigenvalue weighted by Gasteiger charge is 2.22. The van der Waals surface area contributed by atoms with Gasteiger partial charge in [-0.05, 0) is 42.0 Å². The maximum absolute atomic E-state index is 12.5. The minimum atomic E-state index is -0.519. The van der Waals surface area contributed by atoms with Crippen LogP contribution < -0.4 is 4.74 Å². The van der Waals surface area contributed by atoms with Crippen LogP contribution in [-0.4, -0.2) is 17.7 Å². The van der Waals surface area contributed by atoms with Crippen LogP contribution in [0.5, 0.6) is 5.75 Å². The van der Waals surface area contributed by atoms with Crippen LogP contribution in [0.25, 0.3) is 0 Å². The molecule has 3 aromatic rings. The second kappa shape index (κ2) is 10.0. The van der Waals surface area contributed by atoms with Crippen LogP contribution in [0.2, 0.25) is 5.02 Å². The van der Waals surface area contributed by atoms with Crippen molar-refractivity contribution in [1.29, 1.82) is 0 Å². The van der Waals surface area contributed by atoms with E-state index in [1.165, 1.54) is 12.1 Å².